The van der Waals surface area contributed by atoms with Gasteiger partial charge >= 0.3 is 0 Å². The molecule has 0 saturated heterocycles. The number of hydrogen-bond donors (Lipinski definition) is 3. The van der Waals surface area contributed by atoms with Crippen molar-refractivity contribution in [2.24, 2.45) is 0 Å². The second kappa shape index (κ2) is 11.3. The number of ketones is 1. The van der Waals surface area contributed by atoms with Crippen molar-refractivity contribution in [3.63, 3.8) is 0 Å². The number of rotatable bonds is 11. The molecule has 102 valence electrons. The Labute approximate surface area is 115 Å². The summed E-state index contributed by atoms with van der Waals surface area (Å²) >= 11 is 8.21. The maximum atomic E-state index is 11.1. The predicted octanol–water partition coefficient (Wildman–Crippen LogP) is 1.16. The Balaban J connectivity index is 3.11. The van der Waals surface area contributed by atoms with Crippen LogP contribution in [0.1, 0.15) is 20.3 Å². The molecule has 0 aromatic rings. The van der Waals surface area contributed by atoms with E-state index in [1.807, 2.05) is 6.92 Å². The summed E-state index contributed by atoms with van der Waals surface area (Å²) in [5.74, 6) is 0.000278. The summed E-state index contributed by atoms with van der Waals surface area (Å²) in [4.78, 5) is 11.1. The Morgan fingerprint density at radius 2 is 1.82 bits per heavy atom. The van der Waals surface area contributed by atoms with Gasteiger partial charge in [0.2, 0.25) is 0 Å². The topological polar surface area (TPSA) is 47.6 Å². The number of carbonyl (C=O) groups excluding carboxylic acids is 1. The number of Topliss-reactive ketones (excluding diaryl/α,β-unsaturated/α-hetero) is 1. The first kappa shape index (κ1) is 17.2. The molecule has 0 amide bonds. The molecular formula is C11H23NO3S2. The molecule has 0 aromatic carbocycles. The highest BCUT2D eigenvalue weighted by molar-refractivity contribution is 7.81. The first-order valence-electron chi connectivity index (χ1n) is 5.81. The molecule has 0 aliphatic carbocycles. The summed E-state index contributed by atoms with van der Waals surface area (Å²) in [5.41, 5.74) is 0. The largest absolute Gasteiger partial charge is 0.379 e. The summed E-state index contributed by atoms with van der Waals surface area (Å²) in [6, 6.07) is 0. The minimum absolute atomic E-state index is 0.000278. The van der Waals surface area contributed by atoms with Crippen LogP contribution in [0.15, 0.2) is 0 Å². The highest BCUT2D eigenvalue weighted by Crippen LogP contribution is 1.94. The summed E-state index contributed by atoms with van der Waals surface area (Å²) < 4.78 is 10.5. The van der Waals surface area contributed by atoms with Gasteiger partial charge in [-0.15, -0.1) is 0 Å². The number of nitrogens with one attached hydrogen (secondary N) is 1. The number of carbonyl (C=O) groups is 1. The SMILES string of the molecule is CC(S)NCCCOCCOCC(=O)C(C)S. The van der Waals surface area contributed by atoms with Crippen LogP contribution in [0.2, 0.25) is 0 Å². The monoisotopic (exact) mass is 281 g/mol. The standard InChI is InChI=1S/C11H23NO3S2/c1-9(16)11(13)8-15-7-6-14-5-3-4-12-10(2)17/h9-10,12,16-17H,3-8H2,1-2H3. The Morgan fingerprint density at radius 1 is 1.18 bits per heavy atom. The molecule has 0 spiro atoms. The second-order valence-electron chi connectivity index (χ2n) is 3.79. The van der Waals surface area contributed by atoms with Gasteiger partial charge in [0, 0.05) is 12.0 Å². The lowest BCUT2D eigenvalue weighted by atomic mass is 10.3. The molecule has 4 nitrogen and oxygen atoms in total. The molecule has 0 aromatic heterocycles. The molecule has 2 atom stereocenters. The normalized spacial score (nSPS) is 14.6. The number of thiol groups is 2. The van der Waals surface area contributed by atoms with Crippen molar-refractivity contribution in [1.82, 2.24) is 5.32 Å². The van der Waals surface area contributed by atoms with Crippen molar-refractivity contribution < 1.29 is 14.3 Å². The van der Waals surface area contributed by atoms with Crippen LogP contribution in [0.25, 0.3) is 0 Å². The van der Waals surface area contributed by atoms with Crippen LogP contribution in [-0.2, 0) is 14.3 Å². The quantitative estimate of drug-likeness (QED) is 0.302. The van der Waals surface area contributed by atoms with E-state index >= 15 is 0 Å². The van der Waals surface area contributed by atoms with Crippen LogP contribution in [0, 0.1) is 0 Å². The molecule has 1 N–H and O–H groups in total. The van der Waals surface area contributed by atoms with E-state index < -0.39 is 0 Å². The van der Waals surface area contributed by atoms with Crippen LogP contribution in [-0.4, -0.2) is 49.4 Å². The molecule has 0 rings (SSSR count). The van der Waals surface area contributed by atoms with E-state index in [0.29, 0.717) is 19.8 Å². The summed E-state index contributed by atoms with van der Waals surface area (Å²) in [6.07, 6.45) is 0.942. The van der Waals surface area contributed by atoms with Crippen molar-refractivity contribution in [2.75, 3.05) is 33.0 Å². The van der Waals surface area contributed by atoms with Gasteiger partial charge in [-0.1, -0.05) is 0 Å². The zero-order chi connectivity index (χ0) is 13.1. The van der Waals surface area contributed by atoms with E-state index in [9.17, 15) is 4.79 Å². The Bertz CT molecular complexity index is 201. The molecule has 0 fully saturated rings. The molecule has 0 saturated carbocycles. The lowest BCUT2D eigenvalue weighted by Crippen LogP contribution is -2.23. The summed E-state index contributed by atoms with van der Waals surface area (Å²) in [6.45, 7) is 6.38. The molecule has 2 unspecified atom stereocenters. The zero-order valence-corrected chi connectivity index (χ0v) is 12.3. The second-order valence-corrected chi connectivity index (χ2v) is 5.34. The van der Waals surface area contributed by atoms with Gasteiger partial charge in [0.15, 0.2) is 5.78 Å². The van der Waals surface area contributed by atoms with E-state index in [0.717, 1.165) is 13.0 Å². The highest BCUT2D eigenvalue weighted by atomic mass is 32.1. The van der Waals surface area contributed by atoms with Gasteiger partial charge < -0.3 is 14.8 Å². The van der Waals surface area contributed by atoms with Crippen LogP contribution in [0.5, 0.6) is 0 Å². The fraction of sp³-hybridized carbons (Fsp3) is 0.909. The van der Waals surface area contributed by atoms with Gasteiger partial charge in [0.1, 0.15) is 6.61 Å². The van der Waals surface area contributed by atoms with Crippen LogP contribution in [0.4, 0.5) is 0 Å². The van der Waals surface area contributed by atoms with Gasteiger partial charge in [-0.3, -0.25) is 4.79 Å². The maximum absolute atomic E-state index is 11.1. The Kier molecular flexibility index (Phi) is 11.5. The van der Waals surface area contributed by atoms with Gasteiger partial charge in [-0.25, -0.2) is 0 Å². The first-order chi connectivity index (χ1) is 8.04. The number of hydrogen-bond acceptors (Lipinski definition) is 6. The molecule has 6 heteroatoms. The minimum atomic E-state index is -0.259. The third-order valence-corrected chi connectivity index (χ3v) is 2.46. The van der Waals surface area contributed by atoms with E-state index in [-0.39, 0.29) is 23.0 Å². The molecule has 0 heterocycles. The summed E-state index contributed by atoms with van der Waals surface area (Å²) in [5, 5.41) is 3.13. The average Bonchev–Trinajstić information content (AvgIpc) is 2.25. The van der Waals surface area contributed by atoms with Gasteiger partial charge in [0.05, 0.1) is 18.5 Å². The van der Waals surface area contributed by atoms with Crippen molar-refractivity contribution in [3.05, 3.63) is 0 Å². The van der Waals surface area contributed by atoms with Gasteiger partial charge in [-0.05, 0) is 26.8 Å². The molecule has 0 aliphatic rings. The zero-order valence-electron chi connectivity index (χ0n) is 10.5. The molecule has 0 radical (unpaired) electrons. The third-order valence-electron chi connectivity index (χ3n) is 1.99. The van der Waals surface area contributed by atoms with Crippen LogP contribution >= 0.6 is 25.3 Å². The first-order valence-corrected chi connectivity index (χ1v) is 6.85. The molecule has 0 aliphatic heterocycles. The maximum Gasteiger partial charge on any atom is 0.170 e. The minimum Gasteiger partial charge on any atom is -0.379 e. The van der Waals surface area contributed by atoms with Crippen LogP contribution in [0.3, 0.4) is 0 Å². The Hall–Kier alpha value is 0.250. The summed E-state index contributed by atoms with van der Waals surface area (Å²) in [7, 11) is 0. The molecule has 0 bridgehead atoms. The van der Waals surface area contributed by atoms with Crippen molar-refractivity contribution in [2.45, 2.75) is 30.9 Å². The molecule has 17 heavy (non-hydrogen) atoms. The Morgan fingerprint density at radius 3 is 2.41 bits per heavy atom. The van der Waals surface area contributed by atoms with Crippen LogP contribution < -0.4 is 5.32 Å². The fourth-order valence-electron chi connectivity index (χ4n) is 0.998. The lowest BCUT2D eigenvalue weighted by Gasteiger charge is -2.08. The average molecular weight is 281 g/mol. The highest BCUT2D eigenvalue weighted by Gasteiger charge is 2.06. The van der Waals surface area contributed by atoms with E-state index in [2.05, 4.69) is 30.6 Å². The van der Waals surface area contributed by atoms with E-state index in [4.69, 9.17) is 9.47 Å². The van der Waals surface area contributed by atoms with Gasteiger partial charge in [-0.2, -0.15) is 25.3 Å². The van der Waals surface area contributed by atoms with Gasteiger partial charge in [0.25, 0.3) is 0 Å². The van der Waals surface area contributed by atoms with Crippen molar-refractivity contribution >= 4 is 31.0 Å². The fourth-order valence-corrected chi connectivity index (χ4v) is 1.20. The lowest BCUT2D eigenvalue weighted by molar-refractivity contribution is -0.123. The van der Waals surface area contributed by atoms with E-state index in [1.165, 1.54) is 0 Å². The smallest absolute Gasteiger partial charge is 0.170 e. The number of ether oxygens (including phenoxy) is 2. The van der Waals surface area contributed by atoms with Crippen molar-refractivity contribution in [1.29, 1.82) is 0 Å². The molecular weight excluding hydrogens is 258 g/mol. The third kappa shape index (κ3) is 12.5. The van der Waals surface area contributed by atoms with Crippen molar-refractivity contribution in [3.8, 4) is 0 Å². The van der Waals surface area contributed by atoms with E-state index in [1.54, 1.807) is 6.92 Å². The predicted molar refractivity (Wildman–Crippen MR) is 76.2 cm³/mol.